The van der Waals surface area contributed by atoms with Gasteiger partial charge in [0, 0.05) is 16.7 Å². The summed E-state index contributed by atoms with van der Waals surface area (Å²) < 4.78 is 1.03. The van der Waals surface area contributed by atoms with Crippen LogP contribution in [0, 0.1) is 12.8 Å². The molecule has 15 heavy (non-hydrogen) atoms. The molecule has 0 spiro atoms. The topological polar surface area (TPSA) is 24.9 Å². The van der Waals surface area contributed by atoms with E-state index >= 15 is 0 Å². The van der Waals surface area contributed by atoms with Crippen LogP contribution in [0.3, 0.4) is 0 Å². The van der Waals surface area contributed by atoms with Crippen molar-refractivity contribution in [3.05, 3.63) is 22.3 Å². The summed E-state index contributed by atoms with van der Waals surface area (Å²) in [6.45, 7) is 8.74. The Bertz CT molecular complexity index is 323. The largest absolute Gasteiger partial charge is 0.367 e. The Hall–Kier alpha value is -0.570. The summed E-state index contributed by atoms with van der Waals surface area (Å²) in [6.07, 6.45) is 2.96. The lowest BCUT2D eigenvalue weighted by atomic mass is 10.0. The fourth-order valence-corrected chi connectivity index (χ4v) is 2.05. The van der Waals surface area contributed by atoms with Crippen LogP contribution in [0.4, 0.5) is 5.82 Å². The van der Waals surface area contributed by atoms with Crippen molar-refractivity contribution in [3.63, 3.8) is 0 Å². The summed E-state index contributed by atoms with van der Waals surface area (Å²) in [6, 6.07) is 2.58. The van der Waals surface area contributed by atoms with Crippen molar-refractivity contribution in [2.24, 2.45) is 5.92 Å². The Kier molecular flexibility index (Phi) is 4.58. The van der Waals surface area contributed by atoms with Gasteiger partial charge in [0.15, 0.2) is 0 Å². The number of hydrogen-bond donors (Lipinski definition) is 1. The molecule has 1 atom stereocenters. The van der Waals surface area contributed by atoms with Crippen molar-refractivity contribution in [2.75, 3.05) is 5.32 Å². The van der Waals surface area contributed by atoms with Gasteiger partial charge in [-0.2, -0.15) is 0 Å². The maximum Gasteiger partial charge on any atom is 0.129 e. The van der Waals surface area contributed by atoms with Crippen LogP contribution in [-0.4, -0.2) is 11.0 Å². The van der Waals surface area contributed by atoms with Gasteiger partial charge in [0.1, 0.15) is 5.82 Å². The van der Waals surface area contributed by atoms with Crippen molar-refractivity contribution >= 4 is 21.7 Å². The van der Waals surface area contributed by atoms with E-state index in [1.807, 2.05) is 6.20 Å². The number of pyridine rings is 1. The van der Waals surface area contributed by atoms with Crippen molar-refractivity contribution < 1.29 is 0 Å². The number of hydrogen-bond acceptors (Lipinski definition) is 2. The van der Waals surface area contributed by atoms with Crippen LogP contribution < -0.4 is 5.32 Å². The number of aryl methyl sites for hydroxylation is 1. The number of nitrogens with one attached hydrogen (secondary N) is 1. The molecule has 1 aromatic heterocycles. The summed E-state index contributed by atoms with van der Waals surface area (Å²) >= 11 is 3.42. The molecule has 0 radical (unpaired) electrons. The van der Waals surface area contributed by atoms with E-state index in [0.717, 1.165) is 16.7 Å². The minimum absolute atomic E-state index is 0.498. The molecule has 0 saturated heterocycles. The highest BCUT2D eigenvalue weighted by molar-refractivity contribution is 9.10. The second-order valence-electron chi connectivity index (χ2n) is 4.22. The van der Waals surface area contributed by atoms with Gasteiger partial charge >= 0.3 is 0 Å². The highest BCUT2D eigenvalue weighted by Gasteiger charge is 2.12. The van der Waals surface area contributed by atoms with Crippen LogP contribution in [0.5, 0.6) is 0 Å². The standard InChI is InChI=1S/C12H19BrN2/c1-5-11(8(2)3)15-12-9(4)6-10(13)7-14-12/h6-8,11H,5H2,1-4H3,(H,14,15). The Morgan fingerprint density at radius 3 is 2.60 bits per heavy atom. The average Bonchev–Trinajstić information content (AvgIpc) is 2.16. The minimum atomic E-state index is 0.498. The van der Waals surface area contributed by atoms with E-state index in [1.54, 1.807) is 0 Å². The molecule has 1 N–H and O–H groups in total. The first-order chi connectivity index (χ1) is 7.04. The van der Waals surface area contributed by atoms with Crippen LogP contribution in [0.25, 0.3) is 0 Å². The van der Waals surface area contributed by atoms with Gasteiger partial charge in [-0.3, -0.25) is 0 Å². The Labute approximate surface area is 101 Å². The number of anilines is 1. The average molecular weight is 271 g/mol. The fourth-order valence-electron chi connectivity index (χ4n) is 1.61. The molecule has 1 aromatic rings. The molecule has 84 valence electrons. The van der Waals surface area contributed by atoms with E-state index < -0.39 is 0 Å². The molecule has 0 saturated carbocycles. The summed E-state index contributed by atoms with van der Waals surface area (Å²) in [5, 5.41) is 3.49. The third-order valence-electron chi connectivity index (χ3n) is 2.61. The summed E-state index contributed by atoms with van der Waals surface area (Å²) in [7, 11) is 0. The van der Waals surface area contributed by atoms with Crippen LogP contribution >= 0.6 is 15.9 Å². The molecule has 1 heterocycles. The van der Waals surface area contributed by atoms with E-state index in [4.69, 9.17) is 0 Å². The molecule has 1 rings (SSSR count). The first kappa shape index (κ1) is 12.5. The quantitative estimate of drug-likeness (QED) is 0.895. The van der Waals surface area contributed by atoms with Crippen LogP contribution in [0.2, 0.25) is 0 Å². The van der Waals surface area contributed by atoms with Gasteiger partial charge < -0.3 is 5.32 Å². The van der Waals surface area contributed by atoms with Gasteiger partial charge in [-0.05, 0) is 46.8 Å². The van der Waals surface area contributed by atoms with E-state index in [-0.39, 0.29) is 0 Å². The van der Waals surface area contributed by atoms with E-state index in [2.05, 4.69) is 60.0 Å². The maximum atomic E-state index is 4.39. The summed E-state index contributed by atoms with van der Waals surface area (Å²) in [4.78, 5) is 4.39. The molecule has 0 aliphatic heterocycles. The van der Waals surface area contributed by atoms with E-state index in [9.17, 15) is 0 Å². The zero-order valence-electron chi connectivity index (χ0n) is 9.84. The normalized spacial score (nSPS) is 12.9. The number of nitrogens with zero attached hydrogens (tertiary/aromatic N) is 1. The molecule has 0 aliphatic rings. The Balaban J connectivity index is 2.79. The van der Waals surface area contributed by atoms with Crippen LogP contribution in [0.15, 0.2) is 16.7 Å². The van der Waals surface area contributed by atoms with Gasteiger partial charge in [-0.1, -0.05) is 20.8 Å². The molecule has 1 unspecified atom stereocenters. The summed E-state index contributed by atoms with van der Waals surface area (Å²) in [5.74, 6) is 1.62. The second-order valence-corrected chi connectivity index (χ2v) is 5.14. The van der Waals surface area contributed by atoms with Crippen molar-refractivity contribution in [1.29, 1.82) is 0 Å². The molecule has 3 heteroatoms. The number of halogens is 1. The van der Waals surface area contributed by atoms with Crippen molar-refractivity contribution in [1.82, 2.24) is 4.98 Å². The summed E-state index contributed by atoms with van der Waals surface area (Å²) in [5.41, 5.74) is 1.18. The number of rotatable bonds is 4. The Morgan fingerprint density at radius 1 is 1.47 bits per heavy atom. The molecule has 0 bridgehead atoms. The Morgan fingerprint density at radius 2 is 2.13 bits per heavy atom. The first-order valence-electron chi connectivity index (χ1n) is 5.43. The lowest BCUT2D eigenvalue weighted by Crippen LogP contribution is -2.25. The van der Waals surface area contributed by atoms with Gasteiger partial charge in [0.05, 0.1) is 0 Å². The first-order valence-corrected chi connectivity index (χ1v) is 6.22. The fraction of sp³-hybridized carbons (Fsp3) is 0.583. The monoisotopic (exact) mass is 270 g/mol. The van der Waals surface area contributed by atoms with Gasteiger partial charge in [-0.25, -0.2) is 4.98 Å². The van der Waals surface area contributed by atoms with Gasteiger partial charge in [-0.15, -0.1) is 0 Å². The third-order valence-corrected chi connectivity index (χ3v) is 3.05. The van der Waals surface area contributed by atoms with E-state index in [1.165, 1.54) is 5.56 Å². The smallest absolute Gasteiger partial charge is 0.129 e. The van der Waals surface area contributed by atoms with Gasteiger partial charge in [0.25, 0.3) is 0 Å². The number of aromatic nitrogens is 1. The van der Waals surface area contributed by atoms with Crippen molar-refractivity contribution in [3.8, 4) is 0 Å². The highest BCUT2D eigenvalue weighted by Crippen LogP contribution is 2.19. The van der Waals surface area contributed by atoms with Crippen LogP contribution in [-0.2, 0) is 0 Å². The zero-order chi connectivity index (χ0) is 11.4. The molecule has 0 amide bonds. The minimum Gasteiger partial charge on any atom is -0.367 e. The zero-order valence-corrected chi connectivity index (χ0v) is 11.4. The molecule has 2 nitrogen and oxygen atoms in total. The SMILES string of the molecule is CCC(Nc1ncc(Br)cc1C)C(C)C. The lowest BCUT2D eigenvalue weighted by molar-refractivity contribution is 0.509. The molecule has 0 fully saturated rings. The van der Waals surface area contributed by atoms with Crippen molar-refractivity contribution in [2.45, 2.75) is 40.2 Å². The maximum absolute atomic E-state index is 4.39. The van der Waals surface area contributed by atoms with Crippen LogP contribution in [0.1, 0.15) is 32.8 Å². The predicted octanol–water partition coefficient (Wildman–Crippen LogP) is 4.00. The predicted molar refractivity (Wildman–Crippen MR) is 69.2 cm³/mol. The lowest BCUT2D eigenvalue weighted by Gasteiger charge is -2.22. The van der Waals surface area contributed by atoms with E-state index in [0.29, 0.717) is 12.0 Å². The second kappa shape index (κ2) is 5.50. The molecule has 0 aliphatic carbocycles. The highest BCUT2D eigenvalue weighted by atomic mass is 79.9. The third kappa shape index (κ3) is 3.49. The molecule has 0 aromatic carbocycles. The van der Waals surface area contributed by atoms with Gasteiger partial charge in [0.2, 0.25) is 0 Å². The molecular formula is C12H19BrN2. The molecular weight excluding hydrogens is 252 g/mol.